The van der Waals surface area contributed by atoms with Gasteiger partial charge in [-0.2, -0.15) is 0 Å². The Hall–Kier alpha value is -0.843. The maximum atomic E-state index is 5.17. The third-order valence-corrected chi connectivity index (χ3v) is 2.28. The fourth-order valence-corrected chi connectivity index (χ4v) is 1.54. The molecule has 82 valence electrons. The normalized spacial score (nSPS) is 11.5. The highest BCUT2D eigenvalue weighted by molar-refractivity contribution is 6.46. The minimum absolute atomic E-state index is 0.198. The van der Waals surface area contributed by atoms with E-state index in [9.17, 15) is 0 Å². The Morgan fingerprint density at radius 2 is 1.67 bits per heavy atom. The summed E-state index contributed by atoms with van der Waals surface area (Å²) in [5, 5.41) is 1.08. The van der Waals surface area contributed by atoms with E-state index in [4.69, 9.17) is 14.2 Å². The summed E-state index contributed by atoms with van der Waals surface area (Å²) in [5.74, 6) is 0.847. The van der Waals surface area contributed by atoms with Crippen molar-refractivity contribution < 1.29 is 14.2 Å². The first-order valence-electron chi connectivity index (χ1n) is 4.76. The van der Waals surface area contributed by atoms with Gasteiger partial charge in [0.1, 0.15) is 5.75 Å². The van der Waals surface area contributed by atoms with Crippen molar-refractivity contribution in [1.82, 2.24) is 0 Å². The maximum Gasteiger partial charge on any atom is 0.321 e. The van der Waals surface area contributed by atoms with Gasteiger partial charge in [-0.3, -0.25) is 4.58 Å². The zero-order valence-corrected chi connectivity index (χ0v) is 10.5. The number of hydrogen-bond donors (Lipinski definition) is 0. The van der Waals surface area contributed by atoms with Crippen LogP contribution >= 0.6 is 0 Å². The van der Waals surface area contributed by atoms with E-state index in [1.165, 1.54) is 0 Å². The van der Waals surface area contributed by atoms with Gasteiger partial charge in [0, 0.05) is 0 Å². The van der Waals surface area contributed by atoms with Crippen LogP contribution in [0.4, 0.5) is 0 Å². The van der Waals surface area contributed by atoms with Gasteiger partial charge in [0.15, 0.2) is 0 Å². The van der Waals surface area contributed by atoms with E-state index >= 15 is 0 Å². The molecular weight excluding hydrogens is 208 g/mol. The van der Waals surface area contributed by atoms with Crippen LogP contribution in [0, 0.1) is 0 Å². The number of ether oxygens (including phenoxy) is 1. The first-order valence-corrected chi connectivity index (χ1v) is 5.67. The lowest BCUT2D eigenvalue weighted by molar-refractivity contribution is -0.275. The lowest BCUT2D eigenvalue weighted by atomic mass is 10.2. The van der Waals surface area contributed by atoms with Crippen molar-refractivity contribution in [3.05, 3.63) is 24.3 Å². The maximum absolute atomic E-state index is 5.17. The molecule has 4 heteroatoms. The Kier molecular flexibility index (Phi) is 4.32. The molecule has 0 N–H and O–H groups in total. The summed E-state index contributed by atoms with van der Waals surface area (Å²) in [6, 6.07) is 7.73. The standard InChI is InChI=1S/C11H16O3Si/c1-11(2,3)13-14-15-10-7-5-9(12-4)6-8-10/h5-8H,1-4H3. The van der Waals surface area contributed by atoms with Crippen LogP contribution in [0.3, 0.4) is 0 Å². The summed E-state index contributed by atoms with van der Waals surface area (Å²) in [6.45, 7) is 5.85. The molecule has 0 aliphatic heterocycles. The molecule has 15 heavy (non-hydrogen) atoms. The summed E-state index contributed by atoms with van der Waals surface area (Å²) >= 11 is 0. The molecule has 0 heterocycles. The van der Waals surface area contributed by atoms with Crippen molar-refractivity contribution >= 4 is 14.9 Å². The molecule has 0 aromatic heterocycles. The monoisotopic (exact) mass is 224 g/mol. The molecule has 0 fully saturated rings. The highest BCUT2D eigenvalue weighted by atomic mass is 28.2. The Balaban J connectivity index is 2.38. The molecule has 0 atom stereocenters. The van der Waals surface area contributed by atoms with Crippen LogP contribution in [0.5, 0.6) is 5.75 Å². The molecule has 0 unspecified atom stereocenters. The highest BCUT2D eigenvalue weighted by Crippen LogP contribution is 2.07. The predicted molar refractivity (Wildman–Crippen MR) is 60.3 cm³/mol. The second-order valence-electron chi connectivity index (χ2n) is 4.11. The average Bonchev–Trinajstić information content (AvgIpc) is 2.17. The van der Waals surface area contributed by atoms with E-state index in [2.05, 4.69) is 0 Å². The minimum Gasteiger partial charge on any atom is -0.497 e. The summed E-state index contributed by atoms with van der Waals surface area (Å²) < 4.78 is 10.2. The third-order valence-electron chi connectivity index (χ3n) is 1.54. The van der Waals surface area contributed by atoms with Crippen LogP contribution in [0.2, 0.25) is 0 Å². The second kappa shape index (κ2) is 5.30. The SMILES string of the molecule is COc1ccc([Si]OOC(C)(C)C)cc1. The molecule has 0 amide bonds. The van der Waals surface area contributed by atoms with E-state index in [0.717, 1.165) is 10.9 Å². The van der Waals surface area contributed by atoms with Crippen LogP contribution in [-0.4, -0.2) is 22.5 Å². The van der Waals surface area contributed by atoms with Gasteiger partial charge in [0.25, 0.3) is 0 Å². The van der Waals surface area contributed by atoms with Gasteiger partial charge in [0.05, 0.1) is 12.7 Å². The number of methoxy groups -OCH3 is 1. The van der Waals surface area contributed by atoms with Gasteiger partial charge in [-0.1, -0.05) is 12.1 Å². The number of hydrogen-bond acceptors (Lipinski definition) is 3. The first kappa shape index (κ1) is 12.2. The molecule has 0 spiro atoms. The molecule has 1 rings (SSSR count). The zero-order valence-electron chi connectivity index (χ0n) is 9.53. The summed E-state index contributed by atoms with van der Waals surface area (Å²) in [5.41, 5.74) is -0.264. The average molecular weight is 224 g/mol. The lowest BCUT2D eigenvalue weighted by Crippen LogP contribution is -2.25. The first-order chi connectivity index (χ1) is 7.01. The van der Waals surface area contributed by atoms with Crippen LogP contribution in [0.1, 0.15) is 20.8 Å². The van der Waals surface area contributed by atoms with Gasteiger partial charge in [0.2, 0.25) is 0 Å². The van der Waals surface area contributed by atoms with E-state index < -0.39 is 0 Å². The molecule has 1 aromatic carbocycles. The molecule has 0 bridgehead atoms. The summed E-state index contributed by atoms with van der Waals surface area (Å²) in [7, 11) is 1.85. The van der Waals surface area contributed by atoms with Crippen LogP contribution < -0.4 is 9.92 Å². The lowest BCUT2D eigenvalue weighted by Gasteiger charge is -2.17. The van der Waals surface area contributed by atoms with E-state index in [0.29, 0.717) is 0 Å². The van der Waals surface area contributed by atoms with Crippen molar-refractivity contribution in [3.8, 4) is 5.75 Å². The van der Waals surface area contributed by atoms with Crippen LogP contribution in [-0.2, 0) is 9.46 Å². The predicted octanol–water partition coefficient (Wildman–Crippen LogP) is 1.69. The van der Waals surface area contributed by atoms with Crippen LogP contribution in [0.15, 0.2) is 24.3 Å². The molecule has 2 radical (unpaired) electrons. The molecule has 0 aliphatic carbocycles. The third kappa shape index (κ3) is 4.97. The van der Waals surface area contributed by atoms with Crippen molar-refractivity contribution in [1.29, 1.82) is 0 Å². The smallest absolute Gasteiger partial charge is 0.321 e. The second-order valence-corrected chi connectivity index (χ2v) is 5.06. The summed E-state index contributed by atoms with van der Waals surface area (Å²) in [6.07, 6.45) is 0. The Morgan fingerprint density at radius 1 is 1.07 bits per heavy atom. The van der Waals surface area contributed by atoms with Gasteiger partial charge < -0.3 is 4.74 Å². The molecule has 1 aromatic rings. The van der Waals surface area contributed by atoms with Gasteiger partial charge >= 0.3 is 9.76 Å². The van der Waals surface area contributed by atoms with Gasteiger partial charge in [-0.15, -0.1) is 0 Å². The fourth-order valence-electron chi connectivity index (χ4n) is 0.853. The molecule has 3 nitrogen and oxygen atoms in total. The van der Waals surface area contributed by atoms with Crippen molar-refractivity contribution in [2.45, 2.75) is 26.4 Å². The van der Waals surface area contributed by atoms with Crippen molar-refractivity contribution in [2.75, 3.05) is 7.11 Å². The van der Waals surface area contributed by atoms with Crippen molar-refractivity contribution in [3.63, 3.8) is 0 Å². The van der Waals surface area contributed by atoms with Gasteiger partial charge in [-0.25, -0.2) is 4.89 Å². The fraction of sp³-hybridized carbons (Fsp3) is 0.455. The molecule has 0 aliphatic rings. The number of rotatable bonds is 4. The minimum atomic E-state index is -0.264. The highest BCUT2D eigenvalue weighted by Gasteiger charge is 2.11. The van der Waals surface area contributed by atoms with Crippen LogP contribution in [0.25, 0.3) is 0 Å². The topological polar surface area (TPSA) is 27.7 Å². The van der Waals surface area contributed by atoms with Gasteiger partial charge in [-0.05, 0) is 38.1 Å². The van der Waals surface area contributed by atoms with E-state index in [-0.39, 0.29) is 15.4 Å². The molecule has 0 saturated carbocycles. The Morgan fingerprint density at radius 3 is 2.13 bits per heavy atom. The quantitative estimate of drug-likeness (QED) is 0.442. The molecule has 0 saturated heterocycles. The Bertz CT molecular complexity index is 290. The number of benzene rings is 1. The zero-order chi connectivity index (χ0) is 11.3. The van der Waals surface area contributed by atoms with E-state index in [1.54, 1.807) is 7.11 Å². The van der Waals surface area contributed by atoms with E-state index in [1.807, 2.05) is 45.0 Å². The van der Waals surface area contributed by atoms with Crippen molar-refractivity contribution in [2.24, 2.45) is 0 Å². The Labute approximate surface area is 93.2 Å². The molecular formula is C11H16O3Si. The largest absolute Gasteiger partial charge is 0.497 e. The summed E-state index contributed by atoms with van der Waals surface area (Å²) in [4.78, 5) is 5.17.